The molecular formula is C19H18ClNO6. The van der Waals surface area contributed by atoms with Crippen molar-refractivity contribution in [3.63, 3.8) is 0 Å². The number of esters is 1. The number of ether oxygens (including phenoxy) is 3. The molecule has 1 aliphatic rings. The lowest BCUT2D eigenvalue weighted by Gasteiger charge is -2.21. The van der Waals surface area contributed by atoms with Gasteiger partial charge in [-0.2, -0.15) is 0 Å². The van der Waals surface area contributed by atoms with Crippen LogP contribution in [0.3, 0.4) is 0 Å². The van der Waals surface area contributed by atoms with Crippen molar-refractivity contribution in [3.05, 3.63) is 52.5 Å². The lowest BCUT2D eigenvalue weighted by atomic mass is 10.1. The summed E-state index contributed by atoms with van der Waals surface area (Å²) in [5, 5.41) is 12.7. The highest BCUT2D eigenvalue weighted by Gasteiger charge is 2.18. The fraction of sp³-hybridized carbons (Fsp3) is 0.263. The van der Waals surface area contributed by atoms with Crippen LogP contribution < -0.4 is 14.8 Å². The van der Waals surface area contributed by atoms with Crippen LogP contribution in [0.1, 0.15) is 28.9 Å². The number of nitrogens with one attached hydrogen (secondary N) is 1. The van der Waals surface area contributed by atoms with E-state index in [9.17, 15) is 14.7 Å². The van der Waals surface area contributed by atoms with Crippen LogP contribution in [0.4, 0.5) is 0 Å². The predicted octanol–water partition coefficient (Wildman–Crippen LogP) is 2.85. The average Bonchev–Trinajstić information content (AvgIpc) is 2.65. The highest BCUT2D eigenvalue weighted by molar-refractivity contribution is 6.30. The summed E-state index contributed by atoms with van der Waals surface area (Å²) < 4.78 is 15.9. The third-order valence-corrected chi connectivity index (χ3v) is 4.19. The minimum absolute atomic E-state index is 0.0629. The Morgan fingerprint density at radius 1 is 1.19 bits per heavy atom. The molecule has 0 radical (unpaired) electrons. The average molecular weight is 392 g/mol. The highest BCUT2D eigenvalue weighted by atomic mass is 35.5. The third kappa shape index (κ3) is 4.62. The van der Waals surface area contributed by atoms with Crippen molar-refractivity contribution < 1.29 is 28.9 Å². The van der Waals surface area contributed by atoms with Crippen LogP contribution in [0.25, 0.3) is 0 Å². The molecule has 1 amide bonds. The fourth-order valence-electron chi connectivity index (χ4n) is 2.58. The predicted molar refractivity (Wildman–Crippen MR) is 97.4 cm³/mol. The van der Waals surface area contributed by atoms with Gasteiger partial charge >= 0.3 is 5.97 Å². The number of phenols is 1. The first-order chi connectivity index (χ1) is 12.9. The van der Waals surface area contributed by atoms with Crippen LogP contribution in [-0.4, -0.2) is 36.8 Å². The van der Waals surface area contributed by atoms with E-state index in [1.165, 1.54) is 18.2 Å². The number of benzene rings is 2. The van der Waals surface area contributed by atoms with Gasteiger partial charge in [0.2, 0.25) is 0 Å². The molecule has 0 saturated carbocycles. The number of phenolic OH excluding ortho intramolecular Hbond substituents is 1. The first kappa shape index (κ1) is 18.8. The summed E-state index contributed by atoms with van der Waals surface area (Å²) in [7, 11) is 0. The van der Waals surface area contributed by atoms with Gasteiger partial charge in [-0.1, -0.05) is 17.7 Å². The number of carbonyl (C=O) groups excluding carboxylic acids is 2. The molecule has 27 heavy (non-hydrogen) atoms. The number of aromatic hydroxyl groups is 1. The summed E-state index contributed by atoms with van der Waals surface area (Å²) in [6, 6.07) is 9.10. The van der Waals surface area contributed by atoms with Crippen LogP contribution in [0, 0.1) is 0 Å². The largest absolute Gasteiger partial charge is 0.507 e. The van der Waals surface area contributed by atoms with Crippen molar-refractivity contribution in [2.75, 3.05) is 19.8 Å². The molecule has 0 fully saturated rings. The molecule has 142 valence electrons. The van der Waals surface area contributed by atoms with Gasteiger partial charge in [0.1, 0.15) is 24.5 Å². The second-order valence-electron chi connectivity index (χ2n) is 5.93. The maximum Gasteiger partial charge on any atom is 0.342 e. The molecule has 2 aromatic carbocycles. The van der Waals surface area contributed by atoms with Gasteiger partial charge in [0.15, 0.2) is 18.1 Å². The molecule has 1 heterocycles. The van der Waals surface area contributed by atoms with Crippen molar-refractivity contribution in [1.29, 1.82) is 0 Å². The van der Waals surface area contributed by atoms with Crippen molar-refractivity contribution in [3.8, 4) is 17.2 Å². The number of halogens is 1. The van der Waals surface area contributed by atoms with Gasteiger partial charge in [0, 0.05) is 5.02 Å². The first-order valence-corrected chi connectivity index (χ1v) is 8.66. The van der Waals surface area contributed by atoms with Crippen molar-refractivity contribution in [2.45, 2.75) is 13.0 Å². The lowest BCUT2D eigenvalue weighted by molar-refractivity contribution is -0.124. The van der Waals surface area contributed by atoms with E-state index in [1.54, 1.807) is 19.1 Å². The molecule has 7 nitrogen and oxygen atoms in total. The summed E-state index contributed by atoms with van der Waals surface area (Å²) in [4.78, 5) is 24.0. The van der Waals surface area contributed by atoms with Gasteiger partial charge in [-0.25, -0.2) is 4.79 Å². The minimum atomic E-state index is -0.814. The van der Waals surface area contributed by atoms with Crippen LogP contribution in [0.2, 0.25) is 5.02 Å². The number of fused-ring (bicyclic) bond motifs is 1. The second kappa shape index (κ2) is 8.18. The Balaban J connectivity index is 1.55. The van der Waals surface area contributed by atoms with Gasteiger partial charge in [-0.15, -0.1) is 0 Å². The Bertz CT molecular complexity index is 869. The maximum atomic E-state index is 12.1. The summed E-state index contributed by atoms with van der Waals surface area (Å²) in [6.45, 7) is 2.31. The molecule has 2 aromatic rings. The Labute approximate surface area is 160 Å². The second-order valence-corrected chi connectivity index (χ2v) is 6.37. The highest BCUT2D eigenvalue weighted by Crippen LogP contribution is 2.32. The van der Waals surface area contributed by atoms with E-state index in [0.29, 0.717) is 24.7 Å². The van der Waals surface area contributed by atoms with E-state index >= 15 is 0 Å². The Morgan fingerprint density at radius 2 is 1.93 bits per heavy atom. The Kier molecular flexibility index (Phi) is 5.71. The zero-order valence-corrected chi connectivity index (χ0v) is 15.3. The Hall–Kier alpha value is -2.93. The minimum Gasteiger partial charge on any atom is -0.507 e. The summed E-state index contributed by atoms with van der Waals surface area (Å²) in [5.74, 6) is -0.298. The van der Waals surface area contributed by atoms with Crippen LogP contribution in [-0.2, 0) is 9.53 Å². The molecule has 2 N–H and O–H groups in total. The zero-order chi connectivity index (χ0) is 19.4. The monoisotopic (exact) mass is 391 g/mol. The molecule has 0 aromatic heterocycles. The maximum absolute atomic E-state index is 12.1. The molecule has 0 spiro atoms. The molecular weight excluding hydrogens is 374 g/mol. The van der Waals surface area contributed by atoms with Gasteiger partial charge in [-0.05, 0) is 42.8 Å². The molecule has 0 aliphatic carbocycles. The number of rotatable bonds is 5. The number of hydrogen-bond donors (Lipinski definition) is 2. The van der Waals surface area contributed by atoms with Crippen LogP contribution in [0.15, 0.2) is 36.4 Å². The fourth-order valence-corrected chi connectivity index (χ4v) is 2.75. The van der Waals surface area contributed by atoms with Crippen molar-refractivity contribution in [1.82, 2.24) is 5.32 Å². The summed E-state index contributed by atoms with van der Waals surface area (Å²) in [5.41, 5.74) is 0.765. The summed E-state index contributed by atoms with van der Waals surface area (Å²) in [6.07, 6.45) is 0. The first-order valence-electron chi connectivity index (χ1n) is 8.28. The van der Waals surface area contributed by atoms with Crippen LogP contribution in [0.5, 0.6) is 17.2 Å². The van der Waals surface area contributed by atoms with E-state index in [0.717, 1.165) is 5.56 Å². The summed E-state index contributed by atoms with van der Waals surface area (Å²) >= 11 is 5.72. The SMILES string of the molecule is CC(NC(=O)COC(=O)c1ccc(Cl)cc1O)c1ccc2c(c1)OCCO2. The van der Waals surface area contributed by atoms with Crippen molar-refractivity contribution >= 4 is 23.5 Å². The number of hydrogen-bond acceptors (Lipinski definition) is 6. The molecule has 0 saturated heterocycles. The lowest BCUT2D eigenvalue weighted by Crippen LogP contribution is -2.31. The molecule has 1 atom stereocenters. The third-order valence-electron chi connectivity index (χ3n) is 3.96. The van der Waals surface area contributed by atoms with E-state index < -0.39 is 18.5 Å². The van der Waals surface area contributed by atoms with E-state index in [4.69, 9.17) is 25.8 Å². The van der Waals surface area contributed by atoms with E-state index in [2.05, 4.69) is 5.32 Å². The standard InChI is InChI=1S/C19H18ClNO6/c1-11(12-2-5-16-17(8-12)26-7-6-25-16)21-18(23)10-27-19(24)14-4-3-13(20)9-15(14)22/h2-5,8-9,11,22H,6-7,10H2,1H3,(H,21,23). The quantitative estimate of drug-likeness (QED) is 0.761. The smallest absolute Gasteiger partial charge is 0.342 e. The molecule has 3 rings (SSSR count). The Morgan fingerprint density at radius 3 is 2.67 bits per heavy atom. The molecule has 0 bridgehead atoms. The van der Waals surface area contributed by atoms with E-state index in [-0.39, 0.29) is 22.4 Å². The van der Waals surface area contributed by atoms with Crippen LogP contribution >= 0.6 is 11.6 Å². The number of carbonyl (C=O) groups is 2. The molecule has 8 heteroatoms. The molecule has 1 aliphatic heterocycles. The zero-order valence-electron chi connectivity index (χ0n) is 14.5. The van der Waals surface area contributed by atoms with Gasteiger partial charge in [0.05, 0.1) is 6.04 Å². The van der Waals surface area contributed by atoms with E-state index in [1.807, 2.05) is 6.07 Å². The molecule has 1 unspecified atom stereocenters. The normalized spacial score (nSPS) is 13.6. The van der Waals surface area contributed by atoms with Gasteiger partial charge < -0.3 is 24.6 Å². The van der Waals surface area contributed by atoms with Gasteiger partial charge in [-0.3, -0.25) is 4.79 Å². The number of amides is 1. The topological polar surface area (TPSA) is 94.1 Å². The van der Waals surface area contributed by atoms with Gasteiger partial charge in [0.25, 0.3) is 5.91 Å². The van der Waals surface area contributed by atoms with Crippen molar-refractivity contribution in [2.24, 2.45) is 0 Å².